The van der Waals surface area contributed by atoms with Crippen LogP contribution in [0.1, 0.15) is 24.5 Å². The Hall–Kier alpha value is -0.990. The molecule has 0 atom stereocenters. The molecule has 1 rings (SSSR count). The van der Waals surface area contributed by atoms with Gasteiger partial charge in [-0.2, -0.15) is 0 Å². The SMILES string of the molecule is CCC(F)(F)c1cc(C)cc(F)c1. The second kappa shape index (κ2) is 3.40. The minimum absolute atomic E-state index is 0.243. The molecular formula is C10H11F3. The smallest absolute Gasteiger partial charge is 0.207 e. The van der Waals surface area contributed by atoms with Crippen molar-refractivity contribution in [2.24, 2.45) is 0 Å². The van der Waals surface area contributed by atoms with Crippen LogP contribution in [0.4, 0.5) is 13.2 Å². The van der Waals surface area contributed by atoms with Crippen LogP contribution in [-0.2, 0) is 5.92 Å². The highest BCUT2D eigenvalue weighted by Gasteiger charge is 2.29. The molecule has 0 nitrogen and oxygen atoms in total. The lowest BCUT2D eigenvalue weighted by Gasteiger charge is -2.14. The number of benzene rings is 1. The molecule has 72 valence electrons. The van der Waals surface area contributed by atoms with Crippen LogP contribution in [-0.4, -0.2) is 0 Å². The van der Waals surface area contributed by atoms with Gasteiger partial charge in [0.15, 0.2) is 0 Å². The Labute approximate surface area is 75.4 Å². The van der Waals surface area contributed by atoms with Gasteiger partial charge in [-0.1, -0.05) is 6.92 Å². The maximum absolute atomic E-state index is 13.1. The molecule has 1 aromatic rings. The van der Waals surface area contributed by atoms with Crippen LogP contribution >= 0.6 is 0 Å². The van der Waals surface area contributed by atoms with Crippen molar-refractivity contribution in [3.8, 4) is 0 Å². The summed E-state index contributed by atoms with van der Waals surface area (Å²) in [6, 6.07) is 3.43. The lowest BCUT2D eigenvalue weighted by Crippen LogP contribution is -2.11. The first-order valence-corrected chi connectivity index (χ1v) is 4.11. The highest BCUT2D eigenvalue weighted by molar-refractivity contribution is 5.26. The molecule has 0 saturated carbocycles. The van der Waals surface area contributed by atoms with Crippen molar-refractivity contribution >= 4 is 0 Å². The third-order valence-electron chi connectivity index (χ3n) is 1.91. The van der Waals surface area contributed by atoms with E-state index in [0.29, 0.717) is 5.56 Å². The monoisotopic (exact) mass is 188 g/mol. The van der Waals surface area contributed by atoms with Crippen molar-refractivity contribution in [2.45, 2.75) is 26.2 Å². The summed E-state index contributed by atoms with van der Waals surface area (Å²) in [4.78, 5) is 0. The third-order valence-corrected chi connectivity index (χ3v) is 1.91. The molecule has 0 bridgehead atoms. The molecule has 0 aliphatic heterocycles. The summed E-state index contributed by atoms with van der Waals surface area (Å²) in [7, 11) is 0. The number of rotatable bonds is 2. The average Bonchev–Trinajstić information content (AvgIpc) is 2.02. The van der Waals surface area contributed by atoms with Gasteiger partial charge in [0.2, 0.25) is 0 Å². The van der Waals surface area contributed by atoms with Gasteiger partial charge in [-0.15, -0.1) is 0 Å². The van der Waals surface area contributed by atoms with Crippen LogP contribution in [0.2, 0.25) is 0 Å². The number of alkyl halides is 2. The third kappa shape index (κ3) is 2.23. The fraction of sp³-hybridized carbons (Fsp3) is 0.400. The van der Waals surface area contributed by atoms with E-state index in [4.69, 9.17) is 0 Å². The van der Waals surface area contributed by atoms with Crippen LogP contribution in [0.5, 0.6) is 0 Å². The Bertz CT molecular complexity index is 285. The van der Waals surface area contributed by atoms with Gasteiger partial charge in [-0.3, -0.25) is 0 Å². The van der Waals surface area contributed by atoms with Gasteiger partial charge in [0.1, 0.15) is 5.82 Å². The second-order valence-electron chi connectivity index (χ2n) is 3.08. The standard InChI is InChI=1S/C10H11F3/c1-3-10(12,13)8-4-7(2)5-9(11)6-8/h4-6H,3H2,1-2H3. The summed E-state index contributed by atoms with van der Waals surface area (Å²) in [5.41, 5.74) is 0.274. The lowest BCUT2D eigenvalue weighted by atomic mass is 10.0. The summed E-state index contributed by atoms with van der Waals surface area (Å²) >= 11 is 0. The topological polar surface area (TPSA) is 0 Å². The molecule has 0 radical (unpaired) electrons. The predicted molar refractivity (Wildman–Crippen MR) is 45.3 cm³/mol. The molecule has 0 spiro atoms. The Balaban J connectivity index is 3.15. The molecule has 0 aliphatic carbocycles. The normalized spacial score (nSPS) is 11.8. The Kier molecular flexibility index (Phi) is 2.64. The van der Waals surface area contributed by atoms with Crippen LogP contribution in [0.25, 0.3) is 0 Å². The van der Waals surface area contributed by atoms with Gasteiger partial charge in [0, 0.05) is 12.0 Å². The minimum atomic E-state index is -2.92. The van der Waals surface area contributed by atoms with E-state index < -0.39 is 11.7 Å². The zero-order valence-corrected chi connectivity index (χ0v) is 7.57. The molecule has 0 heterocycles. The van der Waals surface area contributed by atoms with Crippen LogP contribution < -0.4 is 0 Å². The minimum Gasteiger partial charge on any atom is -0.207 e. The first-order valence-electron chi connectivity index (χ1n) is 4.11. The maximum atomic E-state index is 13.1. The van der Waals surface area contributed by atoms with Crippen molar-refractivity contribution in [3.05, 3.63) is 35.1 Å². The van der Waals surface area contributed by atoms with Gasteiger partial charge in [0.05, 0.1) is 0 Å². The zero-order valence-electron chi connectivity index (χ0n) is 7.57. The Morgan fingerprint density at radius 1 is 1.23 bits per heavy atom. The highest BCUT2D eigenvalue weighted by Crippen LogP contribution is 2.32. The molecule has 0 saturated heterocycles. The molecule has 1 aromatic carbocycles. The largest absolute Gasteiger partial charge is 0.273 e. The van der Waals surface area contributed by atoms with Gasteiger partial charge < -0.3 is 0 Å². The number of aryl methyl sites for hydroxylation is 1. The van der Waals surface area contributed by atoms with E-state index in [0.717, 1.165) is 6.07 Å². The fourth-order valence-electron chi connectivity index (χ4n) is 1.15. The van der Waals surface area contributed by atoms with Crippen molar-refractivity contribution in [1.82, 2.24) is 0 Å². The first kappa shape index (κ1) is 10.1. The molecular weight excluding hydrogens is 177 g/mol. The molecule has 13 heavy (non-hydrogen) atoms. The second-order valence-corrected chi connectivity index (χ2v) is 3.08. The average molecular weight is 188 g/mol. The quantitative estimate of drug-likeness (QED) is 0.664. The van der Waals surface area contributed by atoms with Crippen molar-refractivity contribution < 1.29 is 13.2 Å². The molecule has 0 unspecified atom stereocenters. The van der Waals surface area contributed by atoms with Gasteiger partial charge in [-0.25, -0.2) is 13.2 Å². The molecule has 0 aromatic heterocycles. The molecule has 0 amide bonds. The van der Waals surface area contributed by atoms with Gasteiger partial charge in [0.25, 0.3) is 5.92 Å². The summed E-state index contributed by atoms with van der Waals surface area (Å²) in [6.45, 7) is 2.97. The number of halogens is 3. The van der Waals surface area contributed by atoms with E-state index in [-0.39, 0.29) is 12.0 Å². The Morgan fingerprint density at radius 3 is 2.31 bits per heavy atom. The summed E-state index contributed by atoms with van der Waals surface area (Å²) in [5.74, 6) is -3.53. The van der Waals surface area contributed by atoms with E-state index in [1.54, 1.807) is 6.92 Å². The van der Waals surface area contributed by atoms with Crippen molar-refractivity contribution in [3.63, 3.8) is 0 Å². The summed E-state index contributed by atoms with van der Waals surface area (Å²) in [5, 5.41) is 0. The van der Waals surface area contributed by atoms with E-state index in [1.807, 2.05) is 0 Å². The zero-order chi connectivity index (χ0) is 10.1. The summed E-state index contributed by atoms with van der Waals surface area (Å²) in [6.07, 6.45) is -0.310. The molecule has 0 N–H and O–H groups in total. The maximum Gasteiger partial charge on any atom is 0.273 e. The van der Waals surface area contributed by atoms with E-state index in [2.05, 4.69) is 0 Å². The number of hydrogen-bond acceptors (Lipinski definition) is 0. The Morgan fingerprint density at radius 2 is 1.85 bits per heavy atom. The van der Waals surface area contributed by atoms with Crippen LogP contribution in [0.15, 0.2) is 18.2 Å². The van der Waals surface area contributed by atoms with E-state index >= 15 is 0 Å². The van der Waals surface area contributed by atoms with Gasteiger partial charge in [-0.05, 0) is 30.7 Å². The first-order chi connectivity index (χ1) is 5.95. The van der Waals surface area contributed by atoms with Crippen LogP contribution in [0.3, 0.4) is 0 Å². The van der Waals surface area contributed by atoms with Crippen molar-refractivity contribution in [2.75, 3.05) is 0 Å². The van der Waals surface area contributed by atoms with E-state index in [1.165, 1.54) is 19.1 Å². The lowest BCUT2D eigenvalue weighted by molar-refractivity contribution is -0.00862. The van der Waals surface area contributed by atoms with Crippen LogP contribution in [0, 0.1) is 12.7 Å². The highest BCUT2D eigenvalue weighted by atomic mass is 19.3. The van der Waals surface area contributed by atoms with Crippen molar-refractivity contribution in [1.29, 1.82) is 0 Å². The molecule has 0 fully saturated rings. The predicted octanol–water partition coefficient (Wildman–Crippen LogP) is 3.64. The fourth-order valence-corrected chi connectivity index (χ4v) is 1.15. The van der Waals surface area contributed by atoms with E-state index in [9.17, 15) is 13.2 Å². The number of hydrogen-bond donors (Lipinski definition) is 0. The van der Waals surface area contributed by atoms with Gasteiger partial charge >= 0.3 is 0 Å². The molecule has 0 aliphatic rings. The summed E-state index contributed by atoms with van der Waals surface area (Å²) < 4.78 is 38.9. The molecule has 3 heteroatoms.